The van der Waals surface area contributed by atoms with Crippen LogP contribution in [0.4, 0.5) is 0 Å². The fourth-order valence-electron chi connectivity index (χ4n) is 1.56. The Morgan fingerprint density at radius 2 is 2.16 bits per heavy atom. The number of amides is 1. The molecule has 1 amide bonds. The van der Waals surface area contributed by atoms with E-state index in [4.69, 9.17) is 9.84 Å². The highest BCUT2D eigenvalue weighted by atomic mass is 16.5. The maximum Gasteiger partial charge on any atom is 0.308 e. The van der Waals surface area contributed by atoms with E-state index in [0.29, 0.717) is 5.75 Å². The summed E-state index contributed by atoms with van der Waals surface area (Å²) in [6, 6.07) is 3.42. The van der Waals surface area contributed by atoms with Crippen LogP contribution in [0.25, 0.3) is 0 Å². The van der Waals surface area contributed by atoms with E-state index in [9.17, 15) is 9.59 Å². The number of aromatic nitrogens is 1. The van der Waals surface area contributed by atoms with E-state index in [0.717, 1.165) is 0 Å². The van der Waals surface area contributed by atoms with Gasteiger partial charge in [0.05, 0.1) is 12.1 Å². The second-order valence-electron chi connectivity index (χ2n) is 4.41. The lowest BCUT2D eigenvalue weighted by atomic mass is 10.1. The smallest absolute Gasteiger partial charge is 0.308 e. The van der Waals surface area contributed by atoms with Crippen LogP contribution in [-0.4, -0.2) is 46.6 Å². The molecule has 0 spiro atoms. The fourth-order valence-corrected chi connectivity index (χ4v) is 1.56. The Kier molecular flexibility index (Phi) is 5.29. The van der Waals surface area contributed by atoms with Gasteiger partial charge in [-0.1, -0.05) is 6.92 Å². The second kappa shape index (κ2) is 6.72. The maximum atomic E-state index is 12.0. The average molecular weight is 266 g/mol. The number of ether oxygens (including phenoxy) is 1. The van der Waals surface area contributed by atoms with Crippen molar-refractivity contribution in [1.29, 1.82) is 0 Å². The van der Waals surface area contributed by atoms with E-state index in [1.165, 1.54) is 11.1 Å². The summed E-state index contributed by atoms with van der Waals surface area (Å²) >= 11 is 0. The monoisotopic (exact) mass is 266 g/mol. The molecule has 1 aromatic rings. The Bertz CT molecular complexity index is 436. The third-order valence-electron chi connectivity index (χ3n) is 2.64. The predicted octanol–water partition coefficient (Wildman–Crippen LogP) is 1.03. The van der Waals surface area contributed by atoms with Gasteiger partial charge >= 0.3 is 5.97 Å². The topological polar surface area (TPSA) is 79.7 Å². The molecule has 2 unspecified atom stereocenters. The highest BCUT2D eigenvalue weighted by Gasteiger charge is 2.22. The van der Waals surface area contributed by atoms with E-state index in [2.05, 4.69) is 4.98 Å². The molecule has 6 nitrogen and oxygen atoms in total. The summed E-state index contributed by atoms with van der Waals surface area (Å²) in [6.07, 6.45) is 2.44. The summed E-state index contributed by atoms with van der Waals surface area (Å²) < 4.78 is 5.44. The molecule has 0 bridgehead atoms. The van der Waals surface area contributed by atoms with E-state index >= 15 is 0 Å². The van der Waals surface area contributed by atoms with Crippen molar-refractivity contribution < 1.29 is 19.4 Å². The first-order valence-electron chi connectivity index (χ1n) is 5.96. The lowest BCUT2D eigenvalue weighted by Crippen LogP contribution is -2.41. The summed E-state index contributed by atoms with van der Waals surface area (Å²) in [4.78, 5) is 28.0. The molecule has 1 rings (SSSR count). The zero-order chi connectivity index (χ0) is 14.4. The number of carbonyl (C=O) groups is 2. The summed E-state index contributed by atoms with van der Waals surface area (Å²) in [6.45, 7) is 3.32. The molecule has 0 fully saturated rings. The number of nitrogens with zero attached hydrogens (tertiary/aromatic N) is 2. The Labute approximate surface area is 112 Å². The van der Waals surface area contributed by atoms with Gasteiger partial charge < -0.3 is 14.7 Å². The number of hydrogen-bond acceptors (Lipinski definition) is 4. The Balaban J connectivity index is 2.54. The van der Waals surface area contributed by atoms with Gasteiger partial charge in [0.25, 0.3) is 5.91 Å². The van der Waals surface area contributed by atoms with Gasteiger partial charge in [-0.15, -0.1) is 0 Å². The van der Waals surface area contributed by atoms with Crippen molar-refractivity contribution in [3.63, 3.8) is 0 Å². The SMILES string of the molecule is CC(CN(C)C(=O)C(C)Oc1cccnc1)C(=O)O. The molecule has 104 valence electrons. The van der Waals surface area contributed by atoms with E-state index in [1.54, 1.807) is 39.2 Å². The predicted molar refractivity (Wildman–Crippen MR) is 68.8 cm³/mol. The number of pyridine rings is 1. The van der Waals surface area contributed by atoms with Crippen LogP contribution in [0.15, 0.2) is 24.5 Å². The minimum Gasteiger partial charge on any atom is -0.481 e. The molecule has 0 radical (unpaired) electrons. The minimum absolute atomic E-state index is 0.148. The van der Waals surface area contributed by atoms with Gasteiger partial charge in [0.1, 0.15) is 5.75 Å². The fraction of sp³-hybridized carbons (Fsp3) is 0.462. The number of rotatable bonds is 6. The molecular weight excluding hydrogens is 248 g/mol. The zero-order valence-electron chi connectivity index (χ0n) is 11.2. The number of hydrogen-bond donors (Lipinski definition) is 1. The highest BCUT2D eigenvalue weighted by Crippen LogP contribution is 2.10. The van der Waals surface area contributed by atoms with Crippen LogP contribution in [0.5, 0.6) is 5.75 Å². The van der Waals surface area contributed by atoms with Gasteiger partial charge in [-0.3, -0.25) is 14.6 Å². The van der Waals surface area contributed by atoms with Crippen molar-refractivity contribution in [1.82, 2.24) is 9.88 Å². The summed E-state index contributed by atoms with van der Waals surface area (Å²) in [7, 11) is 1.56. The van der Waals surface area contributed by atoms with Crippen molar-refractivity contribution in [3.8, 4) is 5.75 Å². The van der Waals surface area contributed by atoms with Crippen molar-refractivity contribution in [2.75, 3.05) is 13.6 Å². The van der Waals surface area contributed by atoms with Gasteiger partial charge in [-0.25, -0.2) is 0 Å². The van der Waals surface area contributed by atoms with Crippen molar-refractivity contribution in [2.24, 2.45) is 5.92 Å². The van der Waals surface area contributed by atoms with Gasteiger partial charge in [-0.2, -0.15) is 0 Å². The largest absolute Gasteiger partial charge is 0.481 e. The average Bonchev–Trinajstić information content (AvgIpc) is 2.38. The molecule has 1 aromatic heterocycles. The van der Waals surface area contributed by atoms with Gasteiger partial charge in [0.15, 0.2) is 6.10 Å². The lowest BCUT2D eigenvalue weighted by molar-refractivity contribution is -0.144. The van der Waals surface area contributed by atoms with Crippen LogP contribution in [0.3, 0.4) is 0 Å². The van der Waals surface area contributed by atoms with Crippen LogP contribution in [-0.2, 0) is 9.59 Å². The molecule has 1 heterocycles. The standard InChI is InChI=1S/C13H18N2O4/c1-9(13(17)18)8-15(3)12(16)10(2)19-11-5-4-6-14-7-11/h4-7,9-10H,8H2,1-3H3,(H,17,18). The molecule has 6 heteroatoms. The van der Waals surface area contributed by atoms with Gasteiger partial charge in [0.2, 0.25) is 0 Å². The van der Waals surface area contributed by atoms with Crippen LogP contribution >= 0.6 is 0 Å². The molecule has 1 N–H and O–H groups in total. The summed E-state index contributed by atoms with van der Waals surface area (Å²) in [5.74, 6) is -1.31. The molecular formula is C13H18N2O4. The highest BCUT2D eigenvalue weighted by molar-refractivity contribution is 5.81. The number of carboxylic acids is 1. The maximum absolute atomic E-state index is 12.0. The summed E-state index contributed by atoms with van der Waals surface area (Å²) in [5, 5.41) is 8.81. The lowest BCUT2D eigenvalue weighted by Gasteiger charge is -2.23. The third kappa shape index (κ3) is 4.57. The molecule has 0 aliphatic heterocycles. The van der Waals surface area contributed by atoms with Crippen LogP contribution in [0, 0.1) is 5.92 Å². The van der Waals surface area contributed by atoms with Crippen molar-refractivity contribution >= 4 is 11.9 Å². The Morgan fingerprint density at radius 3 is 2.68 bits per heavy atom. The third-order valence-corrected chi connectivity index (χ3v) is 2.64. The number of carbonyl (C=O) groups excluding carboxylic acids is 1. The molecule has 2 atom stereocenters. The van der Waals surface area contributed by atoms with Crippen LogP contribution < -0.4 is 4.74 Å². The van der Waals surface area contributed by atoms with Crippen molar-refractivity contribution in [3.05, 3.63) is 24.5 Å². The Hall–Kier alpha value is -2.11. The molecule has 19 heavy (non-hydrogen) atoms. The molecule has 0 aliphatic rings. The summed E-state index contributed by atoms with van der Waals surface area (Å²) in [5.41, 5.74) is 0. The van der Waals surface area contributed by atoms with E-state index in [1.807, 2.05) is 0 Å². The first kappa shape index (κ1) is 14.9. The van der Waals surface area contributed by atoms with Crippen LogP contribution in [0.1, 0.15) is 13.8 Å². The quantitative estimate of drug-likeness (QED) is 0.831. The van der Waals surface area contributed by atoms with Gasteiger partial charge in [-0.05, 0) is 19.1 Å². The zero-order valence-corrected chi connectivity index (χ0v) is 11.2. The van der Waals surface area contributed by atoms with E-state index < -0.39 is 18.0 Å². The van der Waals surface area contributed by atoms with Gasteiger partial charge in [0, 0.05) is 19.8 Å². The first-order chi connectivity index (χ1) is 8.91. The number of likely N-dealkylation sites (N-methyl/N-ethyl adjacent to an activating group) is 1. The molecule has 0 saturated carbocycles. The minimum atomic E-state index is -0.930. The van der Waals surface area contributed by atoms with Crippen molar-refractivity contribution in [2.45, 2.75) is 20.0 Å². The van der Waals surface area contributed by atoms with E-state index in [-0.39, 0.29) is 12.5 Å². The normalized spacial score (nSPS) is 13.4. The number of carboxylic acid groups (broad SMARTS) is 1. The second-order valence-corrected chi connectivity index (χ2v) is 4.41. The molecule has 0 aromatic carbocycles. The molecule has 0 aliphatic carbocycles. The molecule has 0 saturated heterocycles. The Morgan fingerprint density at radius 1 is 1.47 bits per heavy atom. The first-order valence-corrected chi connectivity index (χ1v) is 5.96. The number of aliphatic carboxylic acids is 1. The van der Waals surface area contributed by atoms with Crippen LogP contribution in [0.2, 0.25) is 0 Å².